The van der Waals surface area contributed by atoms with Crippen LogP contribution in [-0.2, 0) is 6.54 Å². The molecule has 0 spiro atoms. The molecule has 2 aromatic carbocycles. The molecule has 1 aliphatic heterocycles. The van der Waals surface area contributed by atoms with Gasteiger partial charge in [-0.05, 0) is 75.5 Å². The van der Waals surface area contributed by atoms with Gasteiger partial charge in [-0.3, -0.25) is 0 Å². The second-order valence-corrected chi connectivity index (χ2v) is 7.22. The van der Waals surface area contributed by atoms with Crippen LogP contribution in [0.15, 0.2) is 36.4 Å². The molecule has 0 atom stereocenters. The van der Waals surface area contributed by atoms with Gasteiger partial charge in [-0.25, -0.2) is 0 Å². The van der Waals surface area contributed by atoms with Gasteiger partial charge in [-0.2, -0.15) is 0 Å². The zero-order valence-electron chi connectivity index (χ0n) is 9.87. The molecule has 0 aromatic heterocycles. The molecule has 0 saturated carbocycles. The molecule has 98 valence electrons. The lowest BCUT2D eigenvalue weighted by Crippen LogP contribution is -2.32. The summed E-state index contributed by atoms with van der Waals surface area (Å²) in [6.45, 7) is 1.36. The van der Waals surface area contributed by atoms with Gasteiger partial charge in [0, 0.05) is 19.2 Å². The molecule has 2 aromatic rings. The van der Waals surface area contributed by atoms with Crippen molar-refractivity contribution in [3.05, 3.63) is 54.1 Å². The van der Waals surface area contributed by atoms with Gasteiger partial charge in [0.1, 0.15) is 5.75 Å². The summed E-state index contributed by atoms with van der Waals surface area (Å²) < 4.78 is 8.15. The summed E-state index contributed by atoms with van der Waals surface area (Å²) in [5.74, 6) is 0.977. The Bertz CT molecular complexity index is 633. The summed E-state index contributed by atoms with van der Waals surface area (Å²) in [5, 5.41) is 0.768. The molecule has 0 saturated heterocycles. The van der Waals surface area contributed by atoms with E-state index in [-0.39, 0.29) is 0 Å². The molecule has 19 heavy (non-hydrogen) atoms. The van der Waals surface area contributed by atoms with Crippen molar-refractivity contribution in [3.63, 3.8) is 0 Å². The lowest BCUT2D eigenvalue weighted by Gasteiger charge is -2.31. The van der Waals surface area contributed by atoms with Crippen LogP contribution < -0.4 is 9.64 Å². The standard InChI is InChI=1S/C14H10ClI2NO/c15-12-5-10(16)3-4-13(12)18-7-9-1-2-11(17)6-14(9)19-8-18/h1-6H,7-8H2. The number of anilines is 1. The minimum atomic E-state index is 0.535. The molecular weight excluding hydrogens is 487 g/mol. The minimum Gasteiger partial charge on any atom is -0.473 e. The van der Waals surface area contributed by atoms with E-state index in [1.165, 1.54) is 9.13 Å². The van der Waals surface area contributed by atoms with Gasteiger partial charge >= 0.3 is 0 Å². The Labute approximate surface area is 144 Å². The van der Waals surface area contributed by atoms with Gasteiger partial charge in [0.2, 0.25) is 0 Å². The van der Waals surface area contributed by atoms with Crippen molar-refractivity contribution < 1.29 is 4.74 Å². The quantitative estimate of drug-likeness (QED) is 0.520. The molecule has 5 heteroatoms. The van der Waals surface area contributed by atoms with Crippen molar-refractivity contribution in [1.82, 2.24) is 0 Å². The van der Waals surface area contributed by atoms with Gasteiger partial charge in [0.25, 0.3) is 0 Å². The second kappa shape index (κ2) is 5.65. The van der Waals surface area contributed by atoms with Crippen LogP contribution in [0.1, 0.15) is 5.56 Å². The topological polar surface area (TPSA) is 12.5 Å². The number of halogens is 3. The second-order valence-electron chi connectivity index (χ2n) is 4.32. The monoisotopic (exact) mass is 497 g/mol. The number of hydrogen-bond acceptors (Lipinski definition) is 2. The third-order valence-electron chi connectivity index (χ3n) is 3.02. The van der Waals surface area contributed by atoms with Crippen molar-refractivity contribution in [2.75, 3.05) is 11.6 Å². The van der Waals surface area contributed by atoms with Crippen LogP contribution in [0.2, 0.25) is 5.02 Å². The van der Waals surface area contributed by atoms with Crippen molar-refractivity contribution in [2.45, 2.75) is 6.54 Å². The number of hydrogen-bond donors (Lipinski definition) is 0. The molecule has 0 fully saturated rings. The highest BCUT2D eigenvalue weighted by Gasteiger charge is 2.19. The first-order valence-corrected chi connectivity index (χ1v) is 8.28. The fourth-order valence-electron chi connectivity index (χ4n) is 2.08. The summed E-state index contributed by atoms with van der Waals surface area (Å²) in [4.78, 5) is 2.15. The van der Waals surface area contributed by atoms with E-state index in [0.29, 0.717) is 6.73 Å². The zero-order valence-corrected chi connectivity index (χ0v) is 14.9. The first-order valence-electron chi connectivity index (χ1n) is 5.75. The highest BCUT2D eigenvalue weighted by atomic mass is 127. The van der Waals surface area contributed by atoms with Crippen molar-refractivity contribution in [3.8, 4) is 5.75 Å². The fourth-order valence-corrected chi connectivity index (χ4v) is 3.52. The van der Waals surface area contributed by atoms with E-state index in [1.807, 2.05) is 12.1 Å². The van der Waals surface area contributed by atoms with Crippen LogP contribution in [0.4, 0.5) is 5.69 Å². The third kappa shape index (κ3) is 2.95. The maximum absolute atomic E-state index is 6.31. The number of ether oxygens (including phenoxy) is 1. The number of rotatable bonds is 1. The van der Waals surface area contributed by atoms with Gasteiger partial charge in [-0.1, -0.05) is 17.7 Å². The minimum absolute atomic E-state index is 0.535. The molecule has 0 N–H and O–H groups in total. The van der Waals surface area contributed by atoms with Crippen molar-refractivity contribution >= 4 is 62.5 Å². The molecule has 3 rings (SSSR count). The molecule has 0 unspecified atom stereocenters. The van der Waals surface area contributed by atoms with Gasteiger partial charge in [0.15, 0.2) is 6.73 Å². The maximum atomic E-state index is 6.31. The summed E-state index contributed by atoms with van der Waals surface area (Å²) >= 11 is 10.9. The summed E-state index contributed by atoms with van der Waals surface area (Å²) in [7, 11) is 0. The molecule has 2 nitrogen and oxygen atoms in total. The molecular formula is C14H10ClI2NO. The lowest BCUT2D eigenvalue weighted by atomic mass is 10.1. The van der Waals surface area contributed by atoms with Gasteiger partial charge in [-0.15, -0.1) is 0 Å². The Morgan fingerprint density at radius 1 is 1.05 bits per heavy atom. The predicted molar refractivity (Wildman–Crippen MR) is 95.0 cm³/mol. The Balaban J connectivity index is 1.91. The Morgan fingerprint density at radius 3 is 2.58 bits per heavy atom. The normalized spacial score (nSPS) is 13.9. The smallest absolute Gasteiger partial charge is 0.161 e. The van der Waals surface area contributed by atoms with Gasteiger partial charge < -0.3 is 9.64 Å². The van der Waals surface area contributed by atoms with E-state index < -0.39 is 0 Å². The van der Waals surface area contributed by atoms with Gasteiger partial charge in [0.05, 0.1) is 10.7 Å². The molecule has 0 bridgehead atoms. The van der Waals surface area contributed by atoms with Crippen LogP contribution >= 0.6 is 56.8 Å². The largest absolute Gasteiger partial charge is 0.473 e. The van der Waals surface area contributed by atoms with E-state index >= 15 is 0 Å². The molecule has 0 aliphatic carbocycles. The van der Waals surface area contributed by atoms with E-state index in [9.17, 15) is 0 Å². The van der Waals surface area contributed by atoms with E-state index in [2.05, 4.69) is 74.3 Å². The molecule has 0 radical (unpaired) electrons. The van der Waals surface area contributed by atoms with E-state index in [4.69, 9.17) is 16.3 Å². The summed E-state index contributed by atoms with van der Waals surface area (Å²) in [6, 6.07) is 12.4. The van der Waals surface area contributed by atoms with Crippen LogP contribution in [0.5, 0.6) is 5.75 Å². The average molecular weight is 498 g/mol. The summed E-state index contributed by atoms with van der Waals surface area (Å²) in [5.41, 5.74) is 2.22. The Kier molecular flexibility index (Phi) is 4.09. The first kappa shape index (κ1) is 13.8. The summed E-state index contributed by atoms with van der Waals surface area (Å²) in [6.07, 6.45) is 0. The van der Waals surface area contributed by atoms with Crippen LogP contribution in [-0.4, -0.2) is 6.73 Å². The Hall–Kier alpha value is -0.210. The third-order valence-corrected chi connectivity index (χ3v) is 4.66. The van der Waals surface area contributed by atoms with Crippen LogP contribution in [0.25, 0.3) is 0 Å². The number of nitrogens with zero attached hydrogens (tertiary/aromatic N) is 1. The Morgan fingerprint density at radius 2 is 1.79 bits per heavy atom. The highest BCUT2D eigenvalue weighted by molar-refractivity contribution is 14.1. The fraction of sp³-hybridized carbons (Fsp3) is 0.143. The number of fused-ring (bicyclic) bond motifs is 1. The average Bonchev–Trinajstić information content (AvgIpc) is 2.38. The zero-order chi connectivity index (χ0) is 13.4. The lowest BCUT2D eigenvalue weighted by molar-refractivity contribution is 0.289. The number of benzene rings is 2. The predicted octanol–water partition coefficient (Wildman–Crippen LogP) is 4.91. The van der Waals surface area contributed by atoms with E-state index in [0.717, 1.165) is 26.6 Å². The molecule has 1 aliphatic rings. The van der Waals surface area contributed by atoms with Crippen molar-refractivity contribution in [1.29, 1.82) is 0 Å². The van der Waals surface area contributed by atoms with E-state index in [1.54, 1.807) is 0 Å². The highest BCUT2D eigenvalue weighted by Crippen LogP contribution is 2.33. The van der Waals surface area contributed by atoms with Crippen LogP contribution in [0.3, 0.4) is 0 Å². The van der Waals surface area contributed by atoms with Crippen LogP contribution in [0, 0.1) is 7.14 Å². The van der Waals surface area contributed by atoms with Crippen molar-refractivity contribution in [2.24, 2.45) is 0 Å². The maximum Gasteiger partial charge on any atom is 0.161 e. The SMILES string of the molecule is Clc1cc(I)ccc1N1COc2cc(I)ccc2C1. The first-order chi connectivity index (χ1) is 9.13. The molecule has 0 amide bonds. The molecule has 1 heterocycles.